The van der Waals surface area contributed by atoms with E-state index in [1.807, 2.05) is 6.92 Å². The minimum Gasteiger partial charge on any atom is -0.480 e. The molecule has 17 heavy (non-hydrogen) atoms. The van der Waals surface area contributed by atoms with Gasteiger partial charge in [-0.2, -0.15) is 9.49 Å². The van der Waals surface area contributed by atoms with Gasteiger partial charge in [-0.25, -0.2) is 0 Å². The Hall–Kier alpha value is -2.18. The second-order valence-electron chi connectivity index (χ2n) is 3.53. The van der Waals surface area contributed by atoms with Crippen LogP contribution in [0.15, 0.2) is 18.5 Å². The summed E-state index contributed by atoms with van der Waals surface area (Å²) >= 11 is 0. The van der Waals surface area contributed by atoms with E-state index >= 15 is 0 Å². The molecule has 0 aliphatic rings. The number of rotatable bonds is 3. The highest BCUT2D eigenvalue weighted by Gasteiger charge is 2.17. The van der Waals surface area contributed by atoms with E-state index in [0.29, 0.717) is 5.88 Å². The second kappa shape index (κ2) is 4.36. The van der Waals surface area contributed by atoms with E-state index in [-0.39, 0.29) is 11.7 Å². The summed E-state index contributed by atoms with van der Waals surface area (Å²) in [6.07, 6.45) is 2.97. The Morgan fingerprint density at radius 3 is 2.88 bits per heavy atom. The Bertz CT molecular complexity index is 508. The quantitative estimate of drug-likeness (QED) is 0.861. The molecule has 0 aromatic carbocycles. The van der Waals surface area contributed by atoms with E-state index in [1.54, 1.807) is 6.07 Å². The van der Waals surface area contributed by atoms with E-state index in [0.717, 1.165) is 5.56 Å². The van der Waals surface area contributed by atoms with Crippen LogP contribution in [0.4, 0.5) is 10.1 Å². The summed E-state index contributed by atoms with van der Waals surface area (Å²) in [5, 5.41) is 11.2. The van der Waals surface area contributed by atoms with Gasteiger partial charge in [0.25, 0.3) is 5.95 Å². The van der Waals surface area contributed by atoms with Gasteiger partial charge in [-0.1, -0.05) is 0 Å². The number of hydrogen-bond acceptors (Lipinski definition) is 5. The molecule has 2 N–H and O–H groups in total. The summed E-state index contributed by atoms with van der Waals surface area (Å²) in [6, 6.07) is 1.50. The molecule has 0 fully saturated rings. The zero-order valence-electron chi connectivity index (χ0n) is 9.46. The topological polar surface area (TPSA) is 78.9 Å². The van der Waals surface area contributed by atoms with Crippen molar-refractivity contribution in [2.75, 3.05) is 12.8 Å². The van der Waals surface area contributed by atoms with Gasteiger partial charge >= 0.3 is 0 Å². The zero-order valence-corrected chi connectivity index (χ0v) is 9.46. The molecule has 0 amide bonds. The SMILES string of the molecule is COc1nnccc1C(C)n1cc(N)c(F)n1. The summed E-state index contributed by atoms with van der Waals surface area (Å²) in [5.74, 6) is -0.299. The smallest absolute Gasteiger partial charge is 0.255 e. The standard InChI is InChI=1S/C10H12FN5O/c1-6(16-5-8(12)9(11)15-16)7-3-4-13-14-10(7)17-2/h3-6H,12H2,1-2H3. The van der Waals surface area contributed by atoms with Crippen molar-refractivity contribution in [2.24, 2.45) is 0 Å². The number of aromatic nitrogens is 4. The fourth-order valence-corrected chi connectivity index (χ4v) is 1.53. The predicted molar refractivity (Wildman–Crippen MR) is 59.0 cm³/mol. The van der Waals surface area contributed by atoms with Gasteiger partial charge in [-0.15, -0.1) is 10.2 Å². The van der Waals surface area contributed by atoms with Crippen molar-refractivity contribution in [3.63, 3.8) is 0 Å². The maximum Gasteiger partial charge on any atom is 0.255 e. The van der Waals surface area contributed by atoms with Crippen LogP contribution in [0, 0.1) is 5.95 Å². The van der Waals surface area contributed by atoms with Gasteiger partial charge in [0.05, 0.1) is 25.5 Å². The number of hydrogen-bond donors (Lipinski definition) is 1. The minimum atomic E-state index is -0.683. The zero-order chi connectivity index (χ0) is 12.4. The molecule has 0 radical (unpaired) electrons. The molecule has 0 aliphatic carbocycles. The van der Waals surface area contributed by atoms with Crippen molar-refractivity contribution in [1.29, 1.82) is 0 Å². The van der Waals surface area contributed by atoms with Crippen molar-refractivity contribution in [2.45, 2.75) is 13.0 Å². The monoisotopic (exact) mass is 237 g/mol. The van der Waals surface area contributed by atoms with E-state index < -0.39 is 5.95 Å². The molecule has 0 spiro atoms. The van der Waals surface area contributed by atoms with Gasteiger partial charge in [-0.05, 0) is 13.0 Å². The van der Waals surface area contributed by atoms with Crippen molar-refractivity contribution in [3.8, 4) is 5.88 Å². The molecule has 2 aromatic heterocycles. The third kappa shape index (κ3) is 2.03. The van der Waals surface area contributed by atoms with Gasteiger partial charge in [0.15, 0.2) is 0 Å². The van der Waals surface area contributed by atoms with Gasteiger partial charge in [0, 0.05) is 5.56 Å². The molecule has 2 aromatic rings. The lowest BCUT2D eigenvalue weighted by Gasteiger charge is -2.14. The molecule has 1 unspecified atom stereocenters. The number of methoxy groups -OCH3 is 1. The molecular weight excluding hydrogens is 225 g/mol. The average Bonchev–Trinajstić information content (AvgIpc) is 2.68. The van der Waals surface area contributed by atoms with Crippen LogP contribution in [0.25, 0.3) is 0 Å². The van der Waals surface area contributed by atoms with Gasteiger partial charge in [0.2, 0.25) is 5.88 Å². The molecule has 1 atom stereocenters. The Morgan fingerprint density at radius 2 is 2.29 bits per heavy atom. The normalized spacial score (nSPS) is 12.4. The molecule has 0 bridgehead atoms. The first-order chi connectivity index (χ1) is 8.13. The maximum atomic E-state index is 13.1. The Kier molecular flexibility index (Phi) is 2.90. The number of nitrogens with two attached hydrogens (primary N) is 1. The molecule has 7 heteroatoms. The summed E-state index contributed by atoms with van der Waals surface area (Å²) in [4.78, 5) is 0. The van der Waals surface area contributed by atoms with Crippen molar-refractivity contribution in [1.82, 2.24) is 20.0 Å². The van der Waals surface area contributed by atoms with E-state index in [9.17, 15) is 4.39 Å². The van der Waals surface area contributed by atoms with Crippen LogP contribution < -0.4 is 10.5 Å². The molecule has 2 rings (SSSR count). The number of halogens is 1. The molecule has 6 nitrogen and oxygen atoms in total. The predicted octanol–water partition coefficient (Wildman–Crippen LogP) is 1.01. The molecule has 90 valence electrons. The lowest BCUT2D eigenvalue weighted by Crippen LogP contribution is -2.10. The highest BCUT2D eigenvalue weighted by molar-refractivity contribution is 5.34. The maximum absolute atomic E-state index is 13.1. The van der Waals surface area contributed by atoms with Gasteiger partial charge < -0.3 is 10.5 Å². The van der Waals surface area contributed by atoms with Crippen LogP contribution >= 0.6 is 0 Å². The van der Waals surface area contributed by atoms with Crippen LogP contribution in [-0.4, -0.2) is 27.1 Å². The Labute approximate surface area is 97.2 Å². The number of ether oxygens (including phenoxy) is 1. The third-order valence-corrected chi connectivity index (χ3v) is 2.47. The van der Waals surface area contributed by atoms with E-state index in [1.165, 1.54) is 24.2 Å². The highest BCUT2D eigenvalue weighted by Crippen LogP contribution is 2.25. The van der Waals surface area contributed by atoms with Crippen LogP contribution in [0.5, 0.6) is 5.88 Å². The lowest BCUT2D eigenvalue weighted by molar-refractivity contribution is 0.376. The average molecular weight is 237 g/mol. The van der Waals surface area contributed by atoms with Crippen LogP contribution in [-0.2, 0) is 0 Å². The van der Waals surface area contributed by atoms with Crippen LogP contribution in [0.3, 0.4) is 0 Å². The van der Waals surface area contributed by atoms with Crippen molar-refractivity contribution < 1.29 is 9.13 Å². The summed E-state index contributed by atoms with van der Waals surface area (Å²) in [6.45, 7) is 1.84. The molecule has 0 saturated heterocycles. The first kappa shape index (κ1) is 11.3. The molecule has 2 heterocycles. The summed E-state index contributed by atoms with van der Waals surface area (Å²) in [7, 11) is 1.50. The molecule has 0 aliphatic heterocycles. The number of anilines is 1. The first-order valence-corrected chi connectivity index (χ1v) is 4.99. The summed E-state index contributed by atoms with van der Waals surface area (Å²) < 4.78 is 19.6. The van der Waals surface area contributed by atoms with Crippen LogP contribution in [0.1, 0.15) is 18.5 Å². The van der Waals surface area contributed by atoms with Crippen molar-refractivity contribution >= 4 is 5.69 Å². The first-order valence-electron chi connectivity index (χ1n) is 4.99. The fraction of sp³-hybridized carbons (Fsp3) is 0.300. The Morgan fingerprint density at radius 1 is 1.53 bits per heavy atom. The number of nitrogen functional groups attached to an aromatic ring is 1. The van der Waals surface area contributed by atoms with Crippen molar-refractivity contribution in [3.05, 3.63) is 30.0 Å². The molecular formula is C10H12FN5O. The highest BCUT2D eigenvalue weighted by atomic mass is 19.1. The van der Waals surface area contributed by atoms with Gasteiger partial charge in [-0.3, -0.25) is 4.68 Å². The number of nitrogens with zero attached hydrogens (tertiary/aromatic N) is 4. The minimum absolute atomic E-state index is 0.0119. The van der Waals surface area contributed by atoms with Gasteiger partial charge in [0.1, 0.15) is 5.69 Å². The van der Waals surface area contributed by atoms with Crippen LogP contribution in [0.2, 0.25) is 0 Å². The largest absolute Gasteiger partial charge is 0.480 e. The fourth-order valence-electron chi connectivity index (χ4n) is 1.53. The Balaban J connectivity index is 2.39. The van der Waals surface area contributed by atoms with E-state index in [4.69, 9.17) is 10.5 Å². The van der Waals surface area contributed by atoms with E-state index in [2.05, 4.69) is 15.3 Å². The molecule has 0 saturated carbocycles. The lowest BCUT2D eigenvalue weighted by atomic mass is 10.1. The third-order valence-electron chi connectivity index (χ3n) is 2.47. The summed E-state index contributed by atoms with van der Waals surface area (Å²) in [5.41, 5.74) is 6.18. The second-order valence-corrected chi connectivity index (χ2v) is 3.53.